The van der Waals surface area contributed by atoms with Crippen molar-refractivity contribution in [3.63, 3.8) is 0 Å². The second-order valence-corrected chi connectivity index (χ2v) is 6.63. The first-order chi connectivity index (χ1) is 11.6. The summed E-state index contributed by atoms with van der Waals surface area (Å²) in [5, 5.41) is 0.403. The molecule has 3 aromatic rings. The van der Waals surface area contributed by atoms with Gasteiger partial charge in [-0.05, 0) is 61.3 Å². The maximum absolute atomic E-state index is 13.5. The van der Waals surface area contributed by atoms with E-state index >= 15 is 0 Å². The van der Waals surface area contributed by atoms with Gasteiger partial charge in [-0.15, -0.1) is 0 Å². The summed E-state index contributed by atoms with van der Waals surface area (Å²) < 4.78 is 26.9. The first-order valence-electron chi connectivity index (χ1n) is 7.93. The molecule has 6 heteroatoms. The highest BCUT2D eigenvalue weighted by atomic mass is 35.5. The van der Waals surface area contributed by atoms with Gasteiger partial charge in [-0.3, -0.25) is 4.90 Å². The molecule has 0 spiro atoms. The average molecular weight is 348 g/mol. The quantitative estimate of drug-likeness (QED) is 0.735. The third-order valence-corrected chi connectivity index (χ3v) is 4.67. The number of aromatic amines is 1. The Morgan fingerprint density at radius 1 is 1.17 bits per heavy atom. The Labute approximate surface area is 143 Å². The topological polar surface area (TPSA) is 31.9 Å². The van der Waals surface area contributed by atoms with Gasteiger partial charge >= 0.3 is 0 Å². The molecule has 1 aromatic heterocycles. The Morgan fingerprint density at radius 2 is 2.04 bits per heavy atom. The number of hydrogen-bond donors (Lipinski definition) is 1. The molecule has 1 aliphatic heterocycles. The zero-order valence-electron chi connectivity index (χ0n) is 12.9. The van der Waals surface area contributed by atoms with Gasteiger partial charge in [0.25, 0.3) is 0 Å². The normalized spacial score (nSPS) is 18.5. The van der Waals surface area contributed by atoms with E-state index in [9.17, 15) is 8.78 Å². The number of imidazole rings is 1. The van der Waals surface area contributed by atoms with Crippen LogP contribution in [0.15, 0.2) is 36.4 Å². The summed E-state index contributed by atoms with van der Waals surface area (Å²) >= 11 is 5.94. The molecule has 4 rings (SSSR count). The SMILES string of the molecule is Fc1cc(Cl)cc(CN2CCC[C@@H]2c2nc3ccc(F)cc3[nH]2)c1. The molecule has 1 atom stereocenters. The number of H-pyrrole nitrogens is 1. The number of hydrogen-bond acceptors (Lipinski definition) is 2. The van der Waals surface area contributed by atoms with Crippen molar-refractivity contribution in [1.29, 1.82) is 0 Å². The maximum atomic E-state index is 13.5. The fourth-order valence-electron chi connectivity index (χ4n) is 3.42. The van der Waals surface area contributed by atoms with Gasteiger partial charge < -0.3 is 4.98 Å². The number of benzene rings is 2. The van der Waals surface area contributed by atoms with Gasteiger partial charge in [0.1, 0.15) is 17.5 Å². The number of nitrogens with zero attached hydrogens (tertiary/aromatic N) is 2. The van der Waals surface area contributed by atoms with Crippen LogP contribution in [0.4, 0.5) is 8.78 Å². The Hall–Kier alpha value is -1.98. The summed E-state index contributed by atoms with van der Waals surface area (Å²) in [6, 6.07) is 9.26. The van der Waals surface area contributed by atoms with Crippen molar-refractivity contribution in [3.8, 4) is 0 Å². The molecule has 3 nitrogen and oxygen atoms in total. The highest BCUT2D eigenvalue weighted by Crippen LogP contribution is 2.33. The minimum Gasteiger partial charge on any atom is -0.341 e. The van der Waals surface area contributed by atoms with Crippen LogP contribution in [0.5, 0.6) is 0 Å². The summed E-state index contributed by atoms with van der Waals surface area (Å²) in [6.45, 7) is 1.51. The van der Waals surface area contributed by atoms with Gasteiger partial charge in [0, 0.05) is 11.6 Å². The molecule has 1 fully saturated rings. The lowest BCUT2D eigenvalue weighted by Crippen LogP contribution is -2.23. The van der Waals surface area contributed by atoms with E-state index in [2.05, 4.69) is 14.9 Å². The largest absolute Gasteiger partial charge is 0.341 e. The van der Waals surface area contributed by atoms with Gasteiger partial charge in [-0.1, -0.05) is 11.6 Å². The first kappa shape index (κ1) is 15.5. The molecule has 1 saturated heterocycles. The van der Waals surface area contributed by atoms with Crippen molar-refractivity contribution in [2.75, 3.05) is 6.54 Å². The summed E-state index contributed by atoms with van der Waals surface area (Å²) in [5.74, 6) is 0.221. The summed E-state index contributed by atoms with van der Waals surface area (Å²) in [6.07, 6.45) is 2.00. The number of rotatable bonds is 3. The van der Waals surface area contributed by atoms with Crippen LogP contribution >= 0.6 is 11.6 Å². The van der Waals surface area contributed by atoms with Crippen molar-refractivity contribution >= 4 is 22.6 Å². The van der Waals surface area contributed by atoms with Crippen LogP contribution in [-0.4, -0.2) is 21.4 Å². The van der Waals surface area contributed by atoms with Gasteiger partial charge in [0.05, 0.1) is 17.1 Å². The van der Waals surface area contributed by atoms with Crippen LogP contribution in [0, 0.1) is 11.6 Å². The van der Waals surface area contributed by atoms with Crippen molar-refractivity contribution in [1.82, 2.24) is 14.9 Å². The van der Waals surface area contributed by atoms with E-state index in [1.54, 1.807) is 12.1 Å². The predicted molar refractivity (Wildman–Crippen MR) is 89.8 cm³/mol. The lowest BCUT2D eigenvalue weighted by atomic mass is 10.1. The molecule has 0 aliphatic carbocycles. The highest BCUT2D eigenvalue weighted by Gasteiger charge is 2.28. The number of halogens is 3. The summed E-state index contributed by atoms with van der Waals surface area (Å²) in [7, 11) is 0. The zero-order chi connectivity index (χ0) is 16.7. The number of likely N-dealkylation sites (tertiary alicyclic amines) is 1. The first-order valence-corrected chi connectivity index (χ1v) is 8.30. The van der Waals surface area contributed by atoms with E-state index < -0.39 is 0 Å². The Bertz CT molecular complexity index is 873. The summed E-state index contributed by atoms with van der Waals surface area (Å²) in [5.41, 5.74) is 2.30. The molecule has 124 valence electrons. The highest BCUT2D eigenvalue weighted by molar-refractivity contribution is 6.30. The Balaban J connectivity index is 1.61. The number of aromatic nitrogens is 2. The Kier molecular flexibility index (Phi) is 3.98. The Morgan fingerprint density at radius 3 is 2.88 bits per heavy atom. The molecule has 24 heavy (non-hydrogen) atoms. The second kappa shape index (κ2) is 6.15. The molecular weight excluding hydrogens is 332 g/mol. The molecule has 0 amide bonds. The van der Waals surface area contributed by atoms with Crippen molar-refractivity contribution in [2.45, 2.75) is 25.4 Å². The van der Waals surface area contributed by atoms with Crippen LogP contribution in [0.25, 0.3) is 11.0 Å². The van der Waals surface area contributed by atoms with Crippen LogP contribution in [0.2, 0.25) is 5.02 Å². The van der Waals surface area contributed by atoms with E-state index in [-0.39, 0.29) is 17.7 Å². The van der Waals surface area contributed by atoms with Crippen LogP contribution in [0.3, 0.4) is 0 Å². The summed E-state index contributed by atoms with van der Waals surface area (Å²) in [4.78, 5) is 10.1. The molecular formula is C18H16ClF2N3. The van der Waals surface area contributed by atoms with E-state index in [1.165, 1.54) is 24.3 Å². The zero-order valence-corrected chi connectivity index (χ0v) is 13.7. The third kappa shape index (κ3) is 3.01. The van der Waals surface area contributed by atoms with Gasteiger partial charge in [-0.2, -0.15) is 0 Å². The monoisotopic (exact) mass is 347 g/mol. The van der Waals surface area contributed by atoms with E-state index in [0.29, 0.717) is 17.1 Å². The fraction of sp³-hybridized carbons (Fsp3) is 0.278. The smallest absolute Gasteiger partial charge is 0.125 e. The molecule has 0 bridgehead atoms. The van der Waals surface area contributed by atoms with Gasteiger partial charge in [0.15, 0.2) is 0 Å². The van der Waals surface area contributed by atoms with Gasteiger partial charge in [-0.25, -0.2) is 13.8 Å². The molecule has 2 heterocycles. The molecule has 2 aromatic carbocycles. The predicted octanol–water partition coefficient (Wildman–Crippen LogP) is 4.83. The van der Waals surface area contributed by atoms with Crippen molar-refractivity contribution in [3.05, 3.63) is 64.4 Å². The lowest BCUT2D eigenvalue weighted by molar-refractivity contribution is 0.241. The van der Waals surface area contributed by atoms with Crippen LogP contribution in [0.1, 0.15) is 30.3 Å². The maximum Gasteiger partial charge on any atom is 0.125 e. The minimum atomic E-state index is -0.326. The molecule has 0 radical (unpaired) electrons. The standard InChI is InChI=1S/C18H16ClF2N3/c19-12-6-11(7-14(21)8-12)10-24-5-1-2-17(24)18-22-15-4-3-13(20)9-16(15)23-18/h3-4,6-9,17H,1-2,5,10H2,(H,22,23)/t17-/m1/s1. The van der Waals surface area contributed by atoms with Crippen LogP contribution < -0.4 is 0 Å². The molecule has 0 saturated carbocycles. The van der Waals surface area contributed by atoms with Crippen molar-refractivity contribution in [2.24, 2.45) is 0 Å². The van der Waals surface area contributed by atoms with E-state index in [1.807, 2.05) is 0 Å². The second-order valence-electron chi connectivity index (χ2n) is 6.19. The van der Waals surface area contributed by atoms with Gasteiger partial charge in [0.2, 0.25) is 0 Å². The van der Waals surface area contributed by atoms with E-state index in [0.717, 1.165) is 36.3 Å². The lowest BCUT2D eigenvalue weighted by Gasteiger charge is -2.23. The average Bonchev–Trinajstić information content (AvgIpc) is 3.11. The number of nitrogens with one attached hydrogen (secondary N) is 1. The van der Waals surface area contributed by atoms with E-state index in [4.69, 9.17) is 11.6 Å². The minimum absolute atomic E-state index is 0.113. The molecule has 0 unspecified atom stereocenters. The van der Waals surface area contributed by atoms with Crippen LogP contribution in [-0.2, 0) is 6.54 Å². The fourth-order valence-corrected chi connectivity index (χ4v) is 3.67. The molecule has 1 N–H and O–H groups in total. The number of fused-ring (bicyclic) bond motifs is 1. The van der Waals surface area contributed by atoms with Crippen molar-refractivity contribution < 1.29 is 8.78 Å². The third-order valence-electron chi connectivity index (χ3n) is 4.45. The molecule has 1 aliphatic rings.